The van der Waals surface area contributed by atoms with Crippen LogP contribution in [0.25, 0.3) is 10.2 Å². The molecule has 1 unspecified atom stereocenters. The van der Waals surface area contributed by atoms with E-state index in [2.05, 4.69) is 41.4 Å². The fraction of sp³-hybridized carbons (Fsp3) is 0.500. The van der Waals surface area contributed by atoms with Gasteiger partial charge < -0.3 is 5.32 Å². The third-order valence-corrected chi connectivity index (χ3v) is 4.72. The van der Waals surface area contributed by atoms with Crippen molar-refractivity contribution >= 4 is 39.1 Å². The van der Waals surface area contributed by atoms with Crippen LogP contribution in [0.1, 0.15) is 19.4 Å². The Morgan fingerprint density at radius 1 is 1.47 bits per heavy atom. The first kappa shape index (κ1) is 12.6. The van der Waals surface area contributed by atoms with Crippen LogP contribution in [-0.2, 0) is 0 Å². The van der Waals surface area contributed by atoms with Crippen LogP contribution in [-0.4, -0.2) is 27.5 Å². The lowest BCUT2D eigenvalue weighted by Crippen LogP contribution is -2.18. The molecule has 0 aliphatic heterocycles. The van der Waals surface area contributed by atoms with Gasteiger partial charge >= 0.3 is 0 Å². The molecule has 0 aromatic carbocycles. The maximum atomic E-state index is 4.35. The molecule has 0 aliphatic carbocycles. The van der Waals surface area contributed by atoms with E-state index in [-0.39, 0.29) is 0 Å². The largest absolute Gasteiger partial charge is 0.365 e. The molecule has 5 heteroatoms. The number of fused-ring (bicyclic) bond motifs is 1. The van der Waals surface area contributed by atoms with E-state index in [0.717, 1.165) is 22.8 Å². The summed E-state index contributed by atoms with van der Waals surface area (Å²) < 4.78 is 1.17. The van der Waals surface area contributed by atoms with Crippen LogP contribution in [0.4, 0.5) is 5.82 Å². The molecule has 2 aromatic heterocycles. The quantitative estimate of drug-likeness (QED) is 0.899. The lowest BCUT2D eigenvalue weighted by atomic mass is 10.3. The Bertz CT molecular complexity index is 495. The number of aryl methyl sites for hydroxylation is 1. The maximum absolute atomic E-state index is 4.35. The van der Waals surface area contributed by atoms with Crippen molar-refractivity contribution in [3.05, 3.63) is 17.3 Å². The summed E-state index contributed by atoms with van der Waals surface area (Å²) in [6, 6.07) is 0.431. The van der Waals surface area contributed by atoms with Gasteiger partial charge in [-0.05, 0) is 30.5 Å². The van der Waals surface area contributed by atoms with E-state index >= 15 is 0 Å². The standard InChI is InChI=1S/C12H17N3S2/c1-4-16-6-9(3)15-12-11-10(13-7-14-12)8(2)5-17-11/h5,7,9H,4,6H2,1-3H3,(H,13,14,15). The SMILES string of the molecule is CCSCC(C)Nc1ncnc2c(C)csc12. The van der Waals surface area contributed by atoms with Crippen LogP contribution in [0, 0.1) is 6.92 Å². The van der Waals surface area contributed by atoms with E-state index in [1.165, 1.54) is 10.3 Å². The van der Waals surface area contributed by atoms with E-state index in [1.807, 2.05) is 11.8 Å². The Labute approximate surface area is 110 Å². The molecule has 0 amide bonds. The molecule has 0 bridgehead atoms. The molecule has 0 fully saturated rings. The minimum absolute atomic E-state index is 0.431. The highest BCUT2D eigenvalue weighted by atomic mass is 32.2. The second-order valence-electron chi connectivity index (χ2n) is 4.02. The van der Waals surface area contributed by atoms with Gasteiger partial charge in [-0.3, -0.25) is 0 Å². The fourth-order valence-corrected chi connectivity index (χ4v) is 3.27. The lowest BCUT2D eigenvalue weighted by molar-refractivity contribution is 0.904. The van der Waals surface area contributed by atoms with Crippen molar-refractivity contribution in [1.82, 2.24) is 9.97 Å². The highest BCUT2D eigenvalue weighted by molar-refractivity contribution is 7.99. The van der Waals surface area contributed by atoms with Crippen molar-refractivity contribution in [3.8, 4) is 0 Å². The molecule has 0 aliphatic rings. The van der Waals surface area contributed by atoms with Gasteiger partial charge in [0, 0.05) is 11.8 Å². The van der Waals surface area contributed by atoms with Crippen LogP contribution in [0.15, 0.2) is 11.7 Å². The van der Waals surface area contributed by atoms with Crippen LogP contribution in [0.2, 0.25) is 0 Å². The topological polar surface area (TPSA) is 37.8 Å². The highest BCUT2D eigenvalue weighted by Gasteiger charge is 2.10. The van der Waals surface area contributed by atoms with Crippen molar-refractivity contribution < 1.29 is 0 Å². The average Bonchev–Trinajstić information content (AvgIpc) is 2.70. The zero-order chi connectivity index (χ0) is 12.3. The predicted molar refractivity (Wildman–Crippen MR) is 78.2 cm³/mol. The van der Waals surface area contributed by atoms with E-state index in [4.69, 9.17) is 0 Å². The zero-order valence-corrected chi connectivity index (χ0v) is 12.0. The number of rotatable bonds is 5. The van der Waals surface area contributed by atoms with Gasteiger partial charge in [0.1, 0.15) is 12.1 Å². The average molecular weight is 267 g/mol. The third-order valence-electron chi connectivity index (χ3n) is 2.49. The fourth-order valence-electron chi connectivity index (χ4n) is 1.64. The van der Waals surface area contributed by atoms with E-state index in [9.17, 15) is 0 Å². The molecule has 2 aromatic rings. The molecular weight excluding hydrogens is 250 g/mol. The molecule has 1 N–H and O–H groups in total. The molecule has 17 heavy (non-hydrogen) atoms. The van der Waals surface area contributed by atoms with E-state index in [0.29, 0.717) is 6.04 Å². The number of nitrogens with zero attached hydrogens (tertiary/aromatic N) is 2. The summed E-state index contributed by atoms with van der Waals surface area (Å²) in [5.74, 6) is 3.23. The van der Waals surface area contributed by atoms with Gasteiger partial charge in [0.2, 0.25) is 0 Å². The number of nitrogens with one attached hydrogen (secondary N) is 1. The highest BCUT2D eigenvalue weighted by Crippen LogP contribution is 2.28. The molecule has 1 atom stereocenters. The minimum Gasteiger partial charge on any atom is -0.365 e. The molecule has 0 spiro atoms. The summed E-state index contributed by atoms with van der Waals surface area (Å²) in [5, 5.41) is 5.61. The van der Waals surface area contributed by atoms with Gasteiger partial charge in [0.15, 0.2) is 0 Å². The van der Waals surface area contributed by atoms with Crippen molar-refractivity contribution in [3.63, 3.8) is 0 Å². The second-order valence-corrected chi connectivity index (χ2v) is 6.22. The summed E-state index contributed by atoms with van der Waals surface area (Å²) in [4.78, 5) is 8.67. The molecule has 0 radical (unpaired) electrons. The minimum atomic E-state index is 0.431. The lowest BCUT2D eigenvalue weighted by Gasteiger charge is -2.13. The molecule has 2 heterocycles. The monoisotopic (exact) mass is 267 g/mol. The van der Waals surface area contributed by atoms with Gasteiger partial charge in [-0.2, -0.15) is 11.8 Å². The van der Waals surface area contributed by atoms with Crippen molar-refractivity contribution in [2.45, 2.75) is 26.8 Å². The molecule has 0 saturated carbocycles. The van der Waals surface area contributed by atoms with E-state index < -0.39 is 0 Å². The number of anilines is 1. The van der Waals surface area contributed by atoms with Gasteiger partial charge in [0.05, 0.1) is 10.2 Å². The summed E-state index contributed by atoms with van der Waals surface area (Å²) in [7, 11) is 0. The van der Waals surface area contributed by atoms with Gasteiger partial charge in [0.25, 0.3) is 0 Å². The summed E-state index contributed by atoms with van der Waals surface area (Å²) in [6.45, 7) is 6.46. The van der Waals surface area contributed by atoms with Gasteiger partial charge in [-0.25, -0.2) is 9.97 Å². The maximum Gasteiger partial charge on any atom is 0.147 e. The predicted octanol–water partition coefficient (Wildman–Crippen LogP) is 3.55. The summed E-state index contributed by atoms with van der Waals surface area (Å²) >= 11 is 3.66. The van der Waals surface area contributed by atoms with Gasteiger partial charge in [-0.15, -0.1) is 11.3 Å². The molecule has 0 saturated heterocycles. The second kappa shape index (κ2) is 5.69. The van der Waals surface area contributed by atoms with Crippen LogP contribution >= 0.6 is 23.1 Å². The smallest absolute Gasteiger partial charge is 0.147 e. The Morgan fingerprint density at radius 2 is 2.29 bits per heavy atom. The Balaban J connectivity index is 2.18. The van der Waals surface area contributed by atoms with Crippen molar-refractivity contribution in [2.75, 3.05) is 16.8 Å². The third kappa shape index (κ3) is 2.90. The molecule has 3 nitrogen and oxygen atoms in total. The first-order valence-electron chi connectivity index (χ1n) is 5.75. The first-order chi connectivity index (χ1) is 8.22. The molecule has 2 rings (SSSR count). The summed E-state index contributed by atoms with van der Waals surface area (Å²) in [6.07, 6.45) is 1.64. The Kier molecular flexibility index (Phi) is 4.23. The summed E-state index contributed by atoms with van der Waals surface area (Å²) in [5.41, 5.74) is 2.30. The van der Waals surface area contributed by atoms with Crippen LogP contribution in [0.3, 0.4) is 0 Å². The number of aromatic nitrogens is 2. The van der Waals surface area contributed by atoms with E-state index in [1.54, 1.807) is 17.7 Å². The Hall–Kier alpha value is -0.810. The first-order valence-corrected chi connectivity index (χ1v) is 7.79. The Morgan fingerprint density at radius 3 is 3.06 bits per heavy atom. The van der Waals surface area contributed by atoms with Crippen molar-refractivity contribution in [1.29, 1.82) is 0 Å². The van der Waals surface area contributed by atoms with Gasteiger partial charge in [-0.1, -0.05) is 6.92 Å². The zero-order valence-electron chi connectivity index (χ0n) is 10.4. The molecule has 92 valence electrons. The number of thiophene rings is 1. The normalized spacial score (nSPS) is 12.9. The van der Waals surface area contributed by atoms with Crippen LogP contribution in [0.5, 0.6) is 0 Å². The van der Waals surface area contributed by atoms with Crippen LogP contribution < -0.4 is 5.32 Å². The number of hydrogen-bond donors (Lipinski definition) is 1. The number of hydrogen-bond acceptors (Lipinski definition) is 5. The number of thioether (sulfide) groups is 1. The van der Waals surface area contributed by atoms with Crippen molar-refractivity contribution in [2.24, 2.45) is 0 Å². The molecular formula is C12H17N3S2.